The van der Waals surface area contributed by atoms with Crippen LogP contribution >= 0.6 is 0 Å². The molecule has 0 saturated heterocycles. The first-order valence-corrected chi connectivity index (χ1v) is 6.39. The molecular formula is C15H19O4-. The number of carboxylic acid groups (broad SMARTS) is 1. The highest BCUT2D eigenvalue weighted by Crippen LogP contribution is 2.43. The van der Waals surface area contributed by atoms with E-state index in [0.29, 0.717) is 18.6 Å². The number of benzene rings is 1. The molecule has 4 heteroatoms. The molecule has 1 aromatic carbocycles. The summed E-state index contributed by atoms with van der Waals surface area (Å²) in [6.07, 6.45) is 1.07. The molecule has 2 rings (SSSR count). The van der Waals surface area contributed by atoms with Gasteiger partial charge in [0.05, 0.1) is 13.1 Å². The minimum Gasteiger partial charge on any atom is -0.546 e. The van der Waals surface area contributed by atoms with Gasteiger partial charge in [0.15, 0.2) is 0 Å². The molecule has 19 heavy (non-hydrogen) atoms. The van der Waals surface area contributed by atoms with Gasteiger partial charge >= 0.3 is 0 Å². The predicted molar refractivity (Wildman–Crippen MR) is 69.6 cm³/mol. The Hall–Kier alpha value is -1.71. The molecule has 0 fully saturated rings. The summed E-state index contributed by atoms with van der Waals surface area (Å²) < 4.78 is 11.2. The summed E-state index contributed by atoms with van der Waals surface area (Å²) in [5.41, 5.74) is 2.75. The molecule has 4 nitrogen and oxygen atoms in total. The van der Waals surface area contributed by atoms with E-state index in [2.05, 4.69) is 0 Å². The van der Waals surface area contributed by atoms with Gasteiger partial charge in [0.2, 0.25) is 0 Å². The van der Waals surface area contributed by atoms with E-state index in [0.717, 1.165) is 28.0 Å². The summed E-state index contributed by atoms with van der Waals surface area (Å²) in [6.45, 7) is 7.43. The van der Waals surface area contributed by atoms with E-state index in [1.54, 1.807) is 14.0 Å². The molecule has 0 aromatic heterocycles. The van der Waals surface area contributed by atoms with E-state index in [4.69, 9.17) is 9.47 Å². The number of ether oxygens (including phenoxy) is 2. The topological polar surface area (TPSA) is 58.6 Å². The maximum Gasteiger partial charge on any atom is 0.146 e. The normalized spacial score (nSPS) is 21.5. The Morgan fingerprint density at radius 2 is 1.89 bits per heavy atom. The Kier molecular flexibility index (Phi) is 3.20. The van der Waals surface area contributed by atoms with Crippen LogP contribution in [0.25, 0.3) is 0 Å². The lowest BCUT2D eigenvalue weighted by atomic mass is 9.87. The Labute approximate surface area is 113 Å². The number of fused-ring (bicyclic) bond motifs is 1. The highest BCUT2D eigenvalue weighted by atomic mass is 16.5. The Bertz CT molecular complexity index is 548. The van der Waals surface area contributed by atoms with E-state index in [9.17, 15) is 9.90 Å². The zero-order valence-electron chi connectivity index (χ0n) is 12.0. The molecule has 1 aliphatic heterocycles. The van der Waals surface area contributed by atoms with Gasteiger partial charge in [-0.3, -0.25) is 0 Å². The maximum atomic E-state index is 11.2. The van der Waals surface area contributed by atoms with Crippen molar-refractivity contribution in [3.8, 4) is 11.5 Å². The summed E-state index contributed by atoms with van der Waals surface area (Å²) in [6, 6.07) is 0. The second-order valence-corrected chi connectivity index (χ2v) is 5.34. The van der Waals surface area contributed by atoms with Crippen molar-refractivity contribution in [2.75, 3.05) is 7.11 Å². The van der Waals surface area contributed by atoms with Gasteiger partial charge in [-0.05, 0) is 57.2 Å². The van der Waals surface area contributed by atoms with E-state index >= 15 is 0 Å². The maximum absolute atomic E-state index is 11.2. The first kappa shape index (κ1) is 13.7. The monoisotopic (exact) mass is 263 g/mol. The highest BCUT2D eigenvalue weighted by Gasteiger charge is 2.35. The summed E-state index contributed by atoms with van der Waals surface area (Å²) in [7, 11) is 1.65. The number of hydrogen-bond donors (Lipinski definition) is 0. The van der Waals surface area contributed by atoms with E-state index in [1.807, 2.05) is 20.8 Å². The lowest BCUT2D eigenvalue weighted by molar-refractivity contribution is -0.322. The molecule has 0 N–H and O–H groups in total. The van der Waals surface area contributed by atoms with Crippen molar-refractivity contribution >= 4 is 5.97 Å². The number of hydrogen-bond acceptors (Lipinski definition) is 4. The molecule has 0 aliphatic carbocycles. The minimum absolute atomic E-state index is 0.412. The van der Waals surface area contributed by atoms with Crippen LogP contribution in [0.2, 0.25) is 0 Å². The van der Waals surface area contributed by atoms with Crippen LogP contribution < -0.4 is 14.6 Å². The van der Waals surface area contributed by atoms with Crippen LogP contribution in [0.1, 0.15) is 35.6 Å². The number of rotatable bonds is 2. The van der Waals surface area contributed by atoms with Gasteiger partial charge in [0.25, 0.3) is 0 Å². The third kappa shape index (κ3) is 1.95. The molecular weight excluding hydrogens is 244 g/mol. The molecule has 1 atom stereocenters. The lowest BCUT2D eigenvalue weighted by Gasteiger charge is -2.38. The molecule has 0 bridgehead atoms. The van der Waals surface area contributed by atoms with Gasteiger partial charge < -0.3 is 19.4 Å². The van der Waals surface area contributed by atoms with Crippen molar-refractivity contribution in [3.63, 3.8) is 0 Å². The van der Waals surface area contributed by atoms with Crippen LogP contribution in [-0.2, 0) is 11.2 Å². The van der Waals surface area contributed by atoms with Gasteiger partial charge in [-0.1, -0.05) is 0 Å². The average molecular weight is 263 g/mol. The van der Waals surface area contributed by atoms with E-state index in [1.165, 1.54) is 0 Å². The fourth-order valence-corrected chi connectivity index (χ4v) is 2.68. The number of methoxy groups -OCH3 is 1. The highest BCUT2D eigenvalue weighted by molar-refractivity contribution is 5.76. The smallest absolute Gasteiger partial charge is 0.146 e. The largest absolute Gasteiger partial charge is 0.546 e. The summed E-state index contributed by atoms with van der Waals surface area (Å²) in [4.78, 5) is 11.2. The minimum atomic E-state index is -1.24. The Balaban J connectivity index is 2.61. The predicted octanol–water partition coefficient (Wildman–Crippen LogP) is 1.45. The molecule has 104 valence electrons. The Morgan fingerprint density at radius 3 is 2.42 bits per heavy atom. The van der Waals surface area contributed by atoms with Crippen molar-refractivity contribution in [3.05, 3.63) is 22.3 Å². The van der Waals surface area contributed by atoms with Crippen LogP contribution in [-0.4, -0.2) is 18.7 Å². The molecule has 0 radical (unpaired) electrons. The fourth-order valence-electron chi connectivity index (χ4n) is 2.68. The second kappa shape index (κ2) is 4.44. The lowest BCUT2D eigenvalue weighted by Crippen LogP contribution is -2.52. The molecule has 1 aromatic rings. The van der Waals surface area contributed by atoms with Gasteiger partial charge in [-0.25, -0.2) is 0 Å². The summed E-state index contributed by atoms with van der Waals surface area (Å²) >= 11 is 0. The molecule has 1 aliphatic rings. The molecule has 0 amide bonds. The van der Waals surface area contributed by atoms with Gasteiger partial charge in [-0.2, -0.15) is 0 Å². The quantitative estimate of drug-likeness (QED) is 0.810. The van der Waals surface area contributed by atoms with Crippen LogP contribution in [0.4, 0.5) is 0 Å². The van der Waals surface area contributed by atoms with Crippen molar-refractivity contribution in [1.29, 1.82) is 0 Å². The third-order valence-corrected chi connectivity index (χ3v) is 4.13. The van der Waals surface area contributed by atoms with Crippen LogP contribution in [0.5, 0.6) is 11.5 Å². The first-order valence-electron chi connectivity index (χ1n) is 6.39. The second-order valence-electron chi connectivity index (χ2n) is 5.34. The van der Waals surface area contributed by atoms with Crippen LogP contribution in [0.15, 0.2) is 0 Å². The third-order valence-electron chi connectivity index (χ3n) is 4.13. The zero-order valence-corrected chi connectivity index (χ0v) is 12.0. The Morgan fingerprint density at radius 1 is 1.26 bits per heavy atom. The summed E-state index contributed by atoms with van der Waals surface area (Å²) in [5, 5.41) is 11.2. The van der Waals surface area contributed by atoms with Crippen molar-refractivity contribution in [2.45, 2.75) is 46.1 Å². The molecule has 0 unspecified atom stereocenters. The van der Waals surface area contributed by atoms with Gasteiger partial charge in [0.1, 0.15) is 17.1 Å². The molecule has 0 saturated carbocycles. The van der Waals surface area contributed by atoms with Crippen molar-refractivity contribution in [2.24, 2.45) is 0 Å². The van der Waals surface area contributed by atoms with Crippen molar-refractivity contribution < 1.29 is 19.4 Å². The molecule has 0 spiro atoms. The number of carboxylic acids is 1. The van der Waals surface area contributed by atoms with Gasteiger partial charge in [0, 0.05) is 5.56 Å². The van der Waals surface area contributed by atoms with Crippen molar-refractivity contribution in [1.82, 2.24) is 0 Å². The van der Waals surface area contributed by atoms with Crippen LogP contribution in [0, 0.1) is 20.8 Å². The molecule has 1 heterocycles. The number of carbonyl (C=O) groups excluding carboxylic acids is 1. The SMILES string of the molecule is COc1c(C)c(C)c2c(c1C)CC[C@](C)(C(=O)[O-])O2. The number of carbonyl (C=O) groups is 1. The zero-order chi connectivity index (χ0) is 14.4. The average Bonchev–Trinajstić information content (AvgIpc) is 2.36. The fraction of sp³-hybridized carbons (Fsp3) is 0.533. The standard InChI is InChI=1S/C15H20O4/c1-8-9(2)13-11(10(3)12(8)18-5)6-7-15(4,19-13)14(16)17/h6-7H2,1-5H3,(H,16,17)/p-1/t15-/m1/s1. The van der Waals surface area contributed by atoms with E-state index < -0.39 is 11.6 Å². The first-order chi connectivity index (χ1) is 8.81. The van der Waals surface area contributed by atoms with Crippen LogP contribution in [0.3, 0.4) is 0 Å². The number of aliphatic carboxylic acids is 1. The van der Waals surface area contributed by atoms with Gasteiger partial charge in [-0.15, -0.1) is 0 Å². The summed E-state index contributed by atoms with van der Waals surface area (Å²) in [5.74, 6) is 0.370. The van der Waals surface area contributed by atoms with E-state index in [-0.39, 0.29) is 0 Å².